The van der Waals surface area contributed by atoms with Gasteiger partial charge in [0.25, 0.3) is 0 Å². The number of carbonyl (C=O) groups is 2. The van der Waals surface area contributed by atoms with E-state index in [9.17, 15) is 9.59 Å². The monoisotopic (exact) mass is 297 g/mol. The number of hydrogen-bond donors (Lipinski definition) is 1. The summed E-state index contributed by atoms with van der Waals surface area (Å²) in [5.74, 6) is -1.53. The van der Waals surface area contributed by atoms with Crippen LogP contribution in [0, 0.1) is 5.92 Å². The summed E-state index contributed by atoms with van der Waals surface area (Å²) in [5.41, 5.74) is -0.264. The van der Waals surface area contributed by atoms with Gasteiger partial charge in [0, 0.05) is 18.0 Å². The van der Waals surface area contributed by atoms with Crippen LogP contribution >= 0.6 is 11.6 Å². The lowest BCUT2D eigenvalue weighted by atomic mass is 9.96. The molecule has 0 saturated carbocycles. The van der Waals surface area contributed by atoms with Gasteiger partial charge in [0.2, 0.25) is 5.91 Å². The fourth-order valence-electron chi connectivity index (χ4n) is 1.85. The minimum Gasteiger partial charge on any atom is -0.480 e. The largest absolute Gasteiger partial charge is 0.480 e. The quantitative estimate of drug-likeness (QED) is 0.909. The summed E-state index contributed by atoms with van der Waals surface area (Å²) >= 11 is 5.91. The maximum Gasteiger partial charge on any atom is 0.329 e. The summed E-state index contributed by atoms with van der Waals surface area (Å²) in [5, 5.41) is 9.78. The summed E-state index contributed by atoms with van der Waals surface area (Å²) in [6.07, 6.45) is 0.527. The van der Waals surface area contributed by atoms with Gasteiger partial charge in [-0.3, -0.25) is 4.79 Å². The van der Waals surface area contributed by atoms with E-state index < -0.39 is 11.5 Å². The number of halogens is 1. The van der Waals surface area contributed by atoms with Gasteiger partial charge >= 0.3 is 5.97 Å². The van der Waals surface area contributed by atoms with E-state index in [1.807, 2.05) is 18.2 Å². The van der Waals surface area contributed by atoms with E-state index in [0.717, 1.165) is 5.56 Å². The number of likely N-dealkylation sites (N-methyl/N-ethyl adjacent to an activating group) is 1. The highest BCUT2D eigenvalue weighted by atomic mass is 35.5. The molecular formula is C15H20ClNO3. The van der Waals surface area contributed by atoms with Gasteiger partial charge in [0.1, 0.15) is 5.54 Å². The van der Waals surface area contributed by atoms with Crippen LogP contribution in [0.15, 0.2) is 24.3 Å². The maximum absolute atomic E-state index is 12.3. The van der Waals surface area contributed by atoms with Crippen molar-refractivity contribution in [1.29, 1.82) is 0 Å². The number of rotatable bonds is 5. The van der Waals surface area contributed by atoms with Crippen LogP contribution in [0.3, 0.4) is 0 Å². The zero-order valence-electron chi connectivity index (χ0n) is 12.2. The Bertz CT molecular complexity index is 514. The van der Waals surface area contributed by atoms with Crippen molar-refractivity contribution in [3.8, 4) is 0 Å². The molecule has 20 heavy (non-hydrogen) atoms. The molecule has 1 atom stereocenters. The molecule has 1 aromatic carbocycles. The molecule has 0 saturated heterocycles. The first kappa shape index (κ1) is 16.5. The third kappa shape index (κ3) is 3.73. The topological polar surface area (TPSA) is 57.6 Å². The Kier molecular flexibility index (Phi) is 5.17. The average molecular weight is 298 g/mol. The number of carboxylic acid groups (broad SMARTS) is 1. The fourth-order valence-corrected chi connectivity index (χ4v) is 2.07. The molecule has 4 nitrogen and oxygen atoms in total. The molecule has 0 aliphatic carbocycles. The van der Waals surface area contributed by atoms with Crippen molar-refractivity contribution < 1.29 is 14.7 Å². The third-order valence-corrected chi connectivity index (χ3v) is 3.78. The molecular weight excluding hydrogens is 278 g/mol. The lowest BCUT2D eigenvalue weighted by Crippen LogP contribution is -2.52. The summed E-state index contributed by atoms with van der Waals surface area (Å²) in [6.45, 7) is 4.82. The Hall–Kier alpha value is -1.55. The summed E-state index contributed by atoms with van der Waals surface area (Å²) in [7, 11) is 1.52. The molecule has 0 heterocycles. The summed E-state index contributed by atoms with van der Waals surface area (Å²) in [6, 6.07) is 7.32. The molecule has 0 bridgehead atoms. The lowest BCUT2D eigenvalue weighted by Gasteiger charge is -2.33. The van der Waals surface area contributed by atoms with Gasteiger partial charge in [-0.1, -0.05) is 30.7 Å². The van der Waals surface area contributed by atoms with Crippen LogP contribution in [0.25, 0.3) is 0 Å². The second-order valence-corrected chi connectivity index (χ2v) is 5.93. The number of benzene rings is 1. The molecule has 1 aromatic rings. The van der Waals surface area contributed by atoms with Gasteiger partial charge < -0.3 is 10.0 Å². The van der Waals surface area contributed by atoms with Crippen LogP contribution in [0.4, 0.5) is 0 Å². The second kappa shape index (κ2) is 6.27. The van der Waals surface area contributed by atoms with Crippen molar-refractivity contribution in [2.24, 2.45) is 5.92 Å². The van der Waals surface area contributed by atoms with Crippen LogP contribution in [-0.2, 0) is 16.0 Å². The predicted octanol–water partition coefficient (Wildman–Crippen LogP) is 2.84. The van der Waals surface area contributed by atoms with Gasteiger partial charge in [-0.15, -0.1) is 0 Å². The van der Waals surface area contributed by atoms with Crippen molar-refractivity contribution in [3.63, 3.8) is 0 Å². The molecule has 0 aromatic heterocycles. The van der Waals surface area contributed by atoms with Gasteiger partial charge in [0.15, 0.2) is 0 Å². The molecule has 0 radical (unpaired) electrons. The molecule has 1 rings (SSSR count). The van der Waals surface area contributed by atoms with Crippen molar-refractivity contribution in [2.75, 3.05) is 7.05 Å². The number of amides is 1. The standard InChI is InChI=1S/C15H20ClNO3/c1-10(8-11-6-5-7-12(16)9-11)13(18)17(4)15(2,3)14(19)20/h5-7,9-10H,8H2,1-4H3,(H,19,20). The maximum atomic E-state index is 12.3. The molecule has 0 fully saturated rings. The summed E-state index contributed by atoms with van der Waals surface area (Å²) in [4.78, 5) is 24.8. The Balaban J connectivity index is 2.79. The molecule has 5 heteroatoms. The van der Waals surface area contributed by atoms with E-state index >= 15 is 0 Å². The Morgan fingerprint density at radius 2 is 2.00 bits per heavy atom. The molecule has 0 spiro atoms. The predicted molar refractivity (Wildman–Crippen MR) is 78.8 cm³/mol. The molecule has 0 aliphatic rings. The van der Waals surface area contributed by atoms with Gasteiger partial charge in [-0.2, -0.15) is 0 Å². The van der Waals surface area contributed by atoms with Gasteiger partial charge in [0.05, 0.1) is 0 Å². The highest BCUT2D eigenvalue weighted by molar-refractivity contribution is 6.30. The van der Waals surface area contributed by atoms with Crippen LogP contribution in [-0.4, -0.2) is 34.5 Å². The molecule has 1 amide bonds. The first-order chi connectivity index (χ1) is 9.16. The van der Waals surface area contributed by atoms with Crippen LogP contribution in [0.1, 0.15) is 26.3 Å². The smallest absolute Gasteiger partial charge is 0.329 e. The van der Waals surface area contributed by atoms with E-state index in [0.29, 0.717) is 11.4 Å². The Labute approximate surface area is 124 Å². The number of carbonyl (C=O) groups excluding carboxylic acids is 1. The van der Waals surface area contributed by atoms with Crippen LogP contribution in [0.5, 0.6) is 0 Å². The highest BCUT2D eigenvalue weighted by Gasteiger charge is 2.36. The van der Waals surface area contributed by atoms with E-state index in [-0.39, 0.29) is 11.8 Å². The fraction of sp³-hybridized carbons (Fsp3) is 0.467. The van der Waals surface area contributed by atoms with Crippen LogP contribution in [0.2, 0.25) is 5.02 Å². The van der Waals surface area contributed by atoms with E-state index in [2.05, 4.69) is 0 Å². The first-order valence-electron chi connectivity index (χ1n) is 6.41. The minimum atomic E-state index is -1.22. The normalized spacial score (nSPS) is 12.8. The van der Waals surface area contributed by atoms with Crippen LogP contribution < -0.4 is 0 Å². The summed E-state index contributed by atoms with van der Waals surface area (Å²) < 4.78 is 0. The van der Waals surface area contributed by atoms with E-state index in [1.165, 1.54) is 25.8 Å². The van der Waals surface area contributed by atoms with Gasteiger partial charge in [-0.25, -0.2) is 4.79 Å². The third-order valence-electron chi connectivity index (χ3n) is 3.54. The Morgan fingerprint density at radius 1 is 1.40 bits per heavy atom. The van der Waals surface area contributed by atoms with Gasteiger partial charge in [-0.05, 0) is 38.0 Å². The number of carboxylic acids is 1. The molecule has 0 aliphatic heterocycles. The zero-order chi connectivity index (χ0) is 15.5. The zero-order valence-corrected chi connectivity index (χ0v) is 12.9. The van der Waals surface area contributed by atoms with Crippen molar-refractivity contribution >= 4 is 23.5 Å². The van der Waals surface area contributed by atoms with E-state index in [4.69, 9.17) is 16.7 Å². The average Bonchev–Trinajstić information content (AvgIpc) is 2.36. The SMILES string of the molecule is CC(Cc1cccc(Cl)c1)C(=O)N(C)C(C)(C)C(=O)O. The van der Waals surface area contributed by atoms with Crippen molar-refractivity contribution in [2.45, 2.75) is 32.7 Å². The minimum absolute atomic E-state index is 0.197. The van der Waals surface area contributed by atoms with E-state index in [1.54, 1.807) is 13.0 Å². The number of nitrogens with zero attached hydrogens (tertiary/aromatic N) is 1. The lowest BCUT2D eigenvalue weighted by molar-refractivity contribution is -0.156. The number of hydrogen-bond acceptors (Lipinski definition) is 2. The molecule has 1 unspecified atom stereocenters. The highest BCUT2D eigenvalue weighted by Crippen LogP contribution is 2.19. The Morgan fingerprint density at radius 3 is 2.50 bits per heavy atom. The van der Waals surface area contributed by atoms with Crippen molar-refractivity contribution in [3.05, 3.63) is 34.9 Å². The van der Waals surface area contributed by atoms with Crippen molar-refractivity contribution in [1.82, 2.24) is 4.90 Å². The molecule has 1 N–H and O–H groups in total. The first-order valence-corrected chi connectivity index (χ1v) is 6.79. The number of aliphatic carboxylic acids is 1. The molecule has 110 valence electrons. The second-order valence-electron chi connectivity index (χ2n) is 5.50.